The summed E-state index contributed by atoms with van der Waals surface area (Å²) < 4.78 is 15.2. The van der Waals surface area contributed by atoms with E-state index in [4.69, 9.17) is 5.73 Å². The number of nitrogens with two attached hydrogens (primary N) is 1. The Hall–Kier alpha value is -1.84. The highest BCUT2D eigenvalue weighted by atomic mass is 19.1. The predicted octanol–water partition coefficient (Wildman–Crippen LogP) is 3.25. The van der Waals surface area contributed by atoms with Crippen LogP contribution in [0.1, 0.15) is 37.3 Å². The largest absolute Gasteiger partial charge is 0.396 e. The Morgan fingerprint density at radius 3 is 2.67 bits per heavy atom. The summed E-state index contributed by atoms with van der Waals surface area (Å²) in [6.07, 6.45) is 6.45. The normalized spacial score (nSPS) is 16.3. The van der Waals surface area contributed by atoms with Gasteiger partial charge >= 0.3 is 0 Å². The quantitative estimate of drug-likeness (QED) is 0.882. The van der Waals surface area contributed by atoms with Crippen molar-refractivity contribution in [3.05, 3.63) is 42.0 Å². The first kappa shape index (κ1) is 11.3. The van der Waals surface area contributed by atoms with Crippen molar-refractivity contribution in [2.45, 2.75) is 31.6 Å². The molecule has 0 radical (unpaired) electrons. The minimum Gasteiger partial charge on any atom is -0.396 e. The lowest BCUT2D eigenvalue weighted by Gasteiger charge is -2.06. The van der Waals surface area contributed by atoms with Gasteiger partial charge in [-0.25, -0.2) is 9.07 Å². The van der Waals surface area contributed by atoms with Crippen molar-refractivity contribution in [2.75, 3.05) is 5.73 Å². The van der Waals surface area contributed by atoms with Crippen LogP contribution < -0.4 is 5.73 Å². The monoisotopic (exact) mass is 245 g/mol. The number of rotatable bonds is 2. The molecule has 94 valence electrons. The minimum absolute atomic E-state index is 0.280. The molecule has 3 nitrogen and oxygen atoms in total. The number of para-hydroxylation sites is 1. The van der Waals surface area contributed by atoms with E-state index >= 15 is 0 Å². The first-order valence-electron chi connectivity index (χ1n) is 6.35. The average molecular weight is 245 g/mol. The number of aromatic nitrogens is 2. The van der Waals surface area contributed by atoms with Crippen LogP contribution in [0, 0.1) is 5.82 Å². The fourth-order valence-electron chi connectivity index (χ4n) is 2.68. The summed E-state index contributed by atoms with van der Waals surface area (Å²) in [4.78, 5) is 0. The van der Waals surface area contributed by atoms with Gasteiger partial charge in [-0.05, 0) is 25.0 Å². The number of anilines is 1. The van der Waals surface area contributed by atoms with Gasteiger partial charge in [-0.15, -0.1) is 0 Å². The minimum atomic E-state index is -0.280. The Labute approximate surface area is 105 Å². The Bertz CT molecular complexity index is 556. The fourth-order valence-corrected chi connectivity index (χ4v) is 2.68. The van der Waals surface area contributed by atoms with Gasteiger partial charge in [0.25, 0.3) is 0 Å². The van der Waals surface area contributed by atoms with Gasteiger partial charge in [0, 0.05) is 5.92 Å². The molecule has 0 atom stereocenters. The van der Waals surface area contributed by atoms with Crippen LogP contribution in [-0.4, -0.2) is 9.78 Å². The van der Waals surface area contributed by atoms with E-state index in [2.05, 4.69) is 5.10 Å². The second-order valence-corrected chi connectivity index (χ2v) is 4.85. The van der Waals surface area contributed by atoms with Crippen LogP contribution in [0.3, 0.4) is 0 Å². The number of nitrogen functional groups attached to an aromatic ring is 1. The summed E-state index contributed by atoms with van der Waals surface area (Å²) in [5.41, 5.74) is 8.05. The zero-order chi connectivity index (χ0) is 12.5. The van der Waals surface area contributed by atoms with Crippen LogP contribution in [0.4, 0.5) is 10.1 Å². The summed E-state index contributed by atoms with van der Waals surface area (Å²) >= 11 is 0. The van der Waals surface area contributed by atoms with E-state index < -0.39 is 0 Å². The van der Waals surface area contributed by atoms with Gasteiger partial charge in [-0.1, -0.05) is 25.0 Å². The topological polar surface area (TPSA) is 43.8 Å². The standard InChI is InChI=1S/C14H16FN3/c15-11-7-3-4-8-13(11)18-9-12(16)14(17-18)10-5-1-2-6-10/h3-4,7-10H,1-2,5-6,16H2. The molecule has 1 heterocycles. The van der Waals surface area contributed by atoms with Crippen LogP contribution in [0.15, 0.2) is 30.5 Å². The fraction of sp³-hybridized carbons (Fsp3) is 0.357. The van der Waals surface area contributed by atoms with Gasteiger partial charge in [-0.2, -0.15) is 5.10 Å². The summed E-state index contributed by atoms with van der Waals surface area (Å²) in [7, 11) is 0. The van der Waals surface area contributed by atoms with Crippen LogP contribution >= 0.6 is 0 Å². The molecule has 1 aliphatic carbocycles. The molecule has 0 saturated heterocycles. The summed E-state index contributed by atoms with van der Waals surface area (Å²) in [6.45, 7) is 0. The van der Waals surface area contributed by atoms with E-state index in [0.29, 0.717) is 17.3 Å². The SMILES string of the molecule is Nc1cn(-c2ccccc2F)nc1C1CCCC1. The Balaban J connectivity index is 1.99. The zero-order valence-electron chi connectivity index (χ0n) is 10.1. The Kier molecular flexibility index (Phi) is 2.78. The van der Waals surface area contributed by atoms with Crippen molar-refractivity contribution >= 4 is 5.69 Å². The molecule has 4 heteroatoms. The summed E-state index contributed by atoms with van der Waals surface area (Å²) in [5.74, 6) is 0.163. The molecule has 0 unspecified atom stereocenters. The van der Waals surface area contributed by atoms with E-state index in [1.54, 1.807) is 29.1 Å². The lowest BCUT2D eigenvalue weighted by Crippen LogP contribution is -2.01. The van der Waals surface area contributed by atoms with Crippen LogP contribution in [-0.2, 0) is 0 Å². The lowest BCUT2D eigenvalue weighted by molar-refractivity contribution is 0.606. The summed E-state index contributed by atoms with van der Waals surface area (Å²) in [6, 6.07) is 6.61. The van der Waals surface area contributed by atoms with Crippen LogP contribution in [0.2, 0.25) is 0 Å². The zero-order valence-corrected chi connectivity index (χ0v) is 10.1. The molecule has 0 aliphatic heterocycles. The number of hydrogen-bond acceptors (Lipinski definition) is 2. The third-order valence-electron chi connectivity index (χ3n) is 3.61. The molecule has 0 amide bonds. The van der Waals surface area contributed by atoms with Gasteiger partial charge in [0.2, 0.25) is 0 Å². The molecule has 3 rings (SSSR count). The average Bonchev–Trinajstić information content (AvgIpc) is 2.98. The van der Waals surface area contributed by atoms with Crippen molar-refractivity contribution in [3.63, 3.8) is 0 Å². The maximum absolute atomic E-state index is 13.7. The Morgan fingerprint density at radius 2 is 1.94 bits per heavy atom. The second kappa shape index (κ2) is 4.44. The van der Waals surface area contributed by atoms with E-state index in [1.165, 1.54) is 18.9 Å². The van der Waals surface area contributed by atoms with Crippen molar-refractivity contribution in [1.29, 1.82) is 0 Å². The van der Waals surface area contributed by atoms with Gasteiger partial charge in [0.1, 0.15) is 11.5 Å². The smallest absolute Gasteiger partial charge is 0.148 e. The van der Waals surface area contributed by atoms with E-state index in [9.17, 15) is 4.39 Å². The molecule has 2 N–H and O–H groups in total. The molecule has 18 heavy (non-hydrogen) atoms. The van der Waals surface area contributed by atoms with Crippen LogP contribution in [0.25, 0.3) is 5.69 Å². The van der Waals surface area contributed by atoms with Gasteiger partial charge in [0.15, 0.2) is 0 Å². The number of nitrogens with zero attached hydrogens (tertiary/aromatic N) is 2. The highest BCUT2D eigenvalue weighted by Crippen LogP contribution is 2.36. The second-order valence-electron chi connectivity index (χ2n) is 4.85. The molecule has 1 aliphatic rings. The third kappa shape index (κ3) is 1.88. The molecule has 0 bridgehead atoms. The van der Waals surface area contributed by atoms with Crippen molar-refractivity contribution in [3.8, 4) is 5.69 Å². The number of benzene rings is 1. The third-order valence-corrected chi connectivity index (χ3v) is 3.61. The predicted molar refractivity (Wildman–Crippen MR) is 69.1 cm³/mol. The van der Waals surface area contributed by atoms with E-state index in [1.807, 2.05) is 0 Å². The molecule has 1 fully saturated rings. The van der Waals surface area contributed by atoms with E-state index in [-0.39, 0.29) is 5.82 Å². The highest BCUT2D eigenvalue weighted by molar-refractivity contribution is 5.46. The molecular formula is C14H16FN3. The molecule has 1 aromatic carbocycles. The van der Waals surface area contributed by atoms with Crippen molar-refractivity contribution in [2.24, 2.45) is 0 Å². The van der Waals surface area contributed by atoms with Gasteiger partial charge in [0.05, 0.1) is 17.6 Å². The molecule has 0 spiro atoms. The molecule has 1 saturated carbocycles. The Morgan fingerprint density at radius 1 is 1.22 bits per heavy atom. The van der Waals surface area contributed by atoms with Gasteiger partial charge in [-0.3, -0.25) is 0 Å². The molecule has 1 aromatic heterocycles. The highest BCUT2D eigenvalue weighted by Gasteiger charge is 2.22. The lowest BCUT2D eigenvalue weighted by atomic mass is 10.0. The van der Waals surface area contributed by atoms with Crippen molar-refractivity contribution < 1.29 is 4.39 Å². The van der Waals surface area contributed by atoms with Crippen LogP contribution in [0.5, 0.6) is 0 Å². The maximum atomic E-state index is 13.7. The summed E-state index contributed by atoms with van der Waals surface area (Å²) in [5, 5.41) is 4.47. The molecule has 2 aromatic rings. The van der Waals surface area contributed by atoms with E-state index in [0.717, 1.165) is 18.5 Å². The van der Waals surface area contributed by atoms with Crippen molar-refractivity contribution in [1.82, 2.24) is 9.78 Å². The number of halogens is 1. The first-order valence-corrected chi connectivity index (χ1v) is 6.35. The van der Waals surface area contributed by atoms with Gasteiger partial charge < -0.3 is 5.73 Å². The maximum Gasteiger partial charge on any atom is 0.148 e. The number of hydrogen-bond donors (Lipinski definition) is 1. The molecular weight excluding hydrogens is 229 g/mol. The first-order chi connectivity index (χ1) is 8.75.